The van der Waals surface area contributed by atoms with Crippen molar-refractivity contribution >= 4 is 18.4 Å². The molecule has 0 unspecified atom stereocenters. The molecule has 0 aromatic carbocycles. The van der Waals surface area contributed by atoms with Crippen LogP contribution in [0.5, 0.6) is 0 Å². The van der Waals surface area contributed by atoms with Crippen molar-refractivity contribution in [2.24, 2.45) is 0 Å². The summed E-state index contributed by atoms with van der Waals surface area (Å²) >= 11 is 0. The van der Waals surface area contributed by atoms with E-state index in [2.05, 4.69) is 27.1 Å². The Bertz CT molecular complexity index is 282. The van der Waals surface area contributed by atoms with Gasteiger partial charge in [0.25, 0.3) is 0 Å². The molecule has 0 amide bonds. The van der Waals surface area contributed by atoms with Crippen LogP contribution in [0.2, 0.25) is 0 Å². The molecule has 1 N–H and O–H groups in total. The summed E-state index contributed by atoms with van der Waals surface area (Å²) in [6.07, 6.45) is 4.84. The molecule has 1 aromatic rings. The number of anilines is 1. The highest BCUT2D eigenvalue weighted by Crippen LogP contribution is 2.07. The molecule has 15 heavy (non-hydrogen) atoms. The Morgan fingerprint density at radius 2 is 1.87 bits per heavy atom. The van der Waals surface area contributed by atoms with E-state index >= 15 is 0 Å². The molecule has 2 heterocycles. The number of aromatic nitrogens is 2. The highest BCUT2D eigenvalue weighted by atomic mass is 35.5. The quantitative estimate of drug-likeness (QED) is 0.816. The van der Waals surface area contributed by atoms with Crippen molar-refractivity contribution in [3.63, 3.8) is 0 Å². The van der Waals surface area contributed by atoms with E-state index in [1.807, 2.05) is 12.4 Å². The monoisotopic (exact) mass is 228 g/mol. The first-order valence-corrected chi connectivity index (χ1v) is 5.16. The summed E-state index contributed by atoms with van der Waals surface area (Å²) in [5.41, 5.74) is 1.20. The molecule has 0 bridgehead atoms. The molecular formula is C10H17ClN4. The van der Waals surface area contributed by atoms with Gasteiger partial charge in [-0.05, 0) is 12.0 Å². The Kier molecular flexibility index (Phi) is 4.78. The number of halogens is 1. The van der Waals surface area contributed by atoms with Gasteiger partial charge in [-0.3, -0.25) is 0 Å². The number of piperazine rings is 1. The van der Waals surface area contributed by atoms with Gasteiger partial charge in [0.15, 0.2) is 0 Å². The lowest BCUT2D eigenvalue weighted by Crippen LogP contribution is -2.44. The third-order valence-corrected chi connectivity index (χ3v) is 2.50. The Morgan fingerprint density at radius 1 is 1.27 bits per heavy atom. The van der Waals surface area contributed by atoms with Gasteiger partial charge in [-0.1, -0.05) is 6.92 Å². The van der Waals surface area contributed by atoms with E-state index in [0.717, 1.165) is 38.5 Å². The van der Waals surface area contributed by atoms with Gasteiger partial charge in [-0.2, -0.15) is 0 Å². The number of nitrogens with one attached hydrogen (secondary N) is 1. The largest absolute Gasteiger partial charge is 0.338 e. The number of hydrogen-bond acceptors (Lipinski definition) is 4. The van der Waals surface area contributed by atoms with Crippen LogP contribution < -0.4 is 10.2 Å². The SMILES string of the molecule is CCc1cnc(N2CCNCC2)nc1.Cl. The Morgan fingerprint density at radius 3 is 2.40 bits per heavy atom. The molecule has 5 heteroatoms. The molecule has 1 fully saturated rings. The molecule has 0 spiro atoms. The maximum absolute atomic E-state index is 4.36. The lowest BCUT2D eigenvalue weighted by atomic mass is 10.3. The first kappa shape index (κ1) is 12.2. The van der Waals surface area contributed by atoms with Crippen molar-refractivity contribution in [1.82, 2.24) is 15.3 Å². The minimum atomic E-state index is 0. The minimum absolute atomic E-state index is 0. The maximum Gasteiger partial charge on any atom is 0.225 e. The molecule has 0 radical (unpaired) electrons. The fourth-order valence-corrected chi connectivity index (χ4v) is 1.56. The van der Waals surface area contributed by atoms with Crippen LogP contribution in [0.3, 0.4) is 0 Å². The standard InChI is InChI=1S/C10H16N4.ClH/c1-2-9-7-12-10(13-8-9)14-5-3-11-4-6-14;/h7-8,11H,2-6H2,1H3;1H. The van der Waals surface area contributed by atoms with E-state index in [1.54, 1.807) is 0 Å². The zero-order chi connectivity index (χ0) is 9.80. The van der Waals surface area contributed by atoms with Crippen LogP contribution in [0.1, 0.15) is 12.5 Å². The minimum Gasteiger partial charge on any atom is -0.338 e. The summed E-state index contributed by atoms with van der Waals surface area (Å²) in [5.74, 6) is 0.865. The van der Waals surface area contributed by atoms with Gasteiger partial charge >= 0.3 is 0 Å². The van der Waals surface area contributed by atoms with Crippen molar-refractivity contribution < 1.29 is 0 Å². The van der Waals surface area contributed by atoms with E-state index in [4.69, 9.17) is 0 Å². The predicted molar refractivity (Wildman–Crippen MR) is 63.7 cm³/mol. The fraction of sp³-hybridized carbons (Fsp3) is 0.600. The van der Waals surface area contributed by atoms with Crippen LogP contribution in [0, 0.1) is 0 Å². The summed E-state index contributed by atoms with van der Waals surface area (Å²) in [7, 11) is 0. The molecule has 84 valence electrons. The van der Waals surface area contributed by atoms with Crippen LogP contribution in [0.4, 0.5) is 5.95 Å². The highest BCUT2D eigenvalue weighted by molar-refractivity contribution is 5.85. The number of rotatable bonds is 2. The molecule has 0 saturated carbocycles. The number of aryl methyl sites for hydroxylation is 1. The molecular weight excluding hydrogens is 212 g/mol. The zero-order valence-electron chi connectivity index (χ0n) is 8.94. The molecule has 1 aromatic heterocycles. The van der Waals surface area contributed by atoms with Crippen molar-refractivity contribution in [1.29, 1.82) is 0 Å². The van der Waals surface area contributed by atoms with Crippen LogP contribution in [0.25, 0.3) is 0 Å². The molecule has 0 atom stereocenters. The lowest BCUT2D eigenvalue weighted by Gasteiger charge is -2.27. The Labute approximate surface area is 96.5 Å². The van der Waals surface area contributed by atoms with Gasteiger partial charge in [0.2, 0.25) is 5.95 Å². The second kappa shape index (κ2) is 5.88. The zero-order valence-corrected chi connectivity index (χ0v) is 9.76. The molecule has 1 aliphatic heterocycles. The molecule has 4 nitrogen and oxygen atoms in total. The van der Waals surface area contributed by atoms with Gasteiger partial charge in [0, 0.05) is 38.6 Å². The van der Waals surface area contributed by atoms with Gasteiger partial charge in [0.1, 0.15) is 0 Å². The van der Waals surface area contributed by atoms with Crippen LogP contribution in [-0.2, 0) is 6.42 Å². The first-order chi connectivity index (χ1) is 6.90. The summed E-state index contributed by atoms with van der Waals surface area (Å²) in [6.45, 7) is 6.18. The predicted octanol–water partition coefficient (Wildman–Crippen LogP) is 0.870. The Hall–Kier alpha value is -0.870. The van der Waals surface area contributed by atoms with Crippen molar-refractivity contribution in [2.75, 3.05) is 31.1 Å². The van der Waals surface area contributed by atoms with Gasteiger partial charge in [0.05, 0.1) is 0 Å². The van der Waals surface area contributed by atoms with Gasteiger partial charge in [-0.25, -0.2) is 9.97 Å². The van der Waals surface area contributed by atoms with Crippen LogP contribution >= 0.6 is 12.4 Å². The first-order valence-electron chi connectivity index (χ1n) is 5.16. The number of nitrogens with zero attached hydrogens (tertiary/aromatic N) is 3. The van der Waals surface area contributed by atoms with E-state index in [1.165, 1.54) is 5.56 Å². The van der Waals surface area contributed by atoms with Crippen molar-refractivity contribution in [3.05, 3.63) is 18.0 Å². The summed E-state index contributed by atoms with van der Waals surface area (Å²) < 4.78 is 0. The smallest absolute Gasteiger partial charge is 0.225 e. The Balaban J connectivity index is 0.00000112. The topological polar surface area (TPSA) is 41.1 Å². The summed E-state index contributed by atoms with van der Waals surface area (Å²) in [4.78, 5) is 10.9. The second-order valence-electron chi connectivity index (χ2n) is 3.48. The number of hydrogen-bond donors (Lipinski definition) is 1. The highest BCUT2D eigenvalue weighted by Gasteiger charge is 2.11. The lowest BCUT2D eigenvalue weighted by molar-refractivity contribution is 0.579. The second-order valence-corrected chi connectivity index (χ2v) is 3.48. The third-order valence-electron chi connectivity index (χ3n) is 2.50. The maximum atomic E-state index is 4.36. The average molecular weight is 229 g/mol. The van der Waals surface area contributed by atoms with E-state index in [0.29, 0.717) is 0 Å². The molecule has 2 rings (SSSR count). The van der Waals surface area contributed by atoms with E-state index < -0.39 is 0 Å². The van der Waals surface area contributed by atoms with Crippen LogP contribution in [0.15, 0.2) is 12.4 Å². The van der Waals surface area contributed by atoms with Gasteiger partial charge in [-0.15, -0.1) is 12.4 Å². The third kappa shape index (κ3) is 3.04. The summed E-state index contributed by atoms with van der Waals surface area (Å²) in [6, 6.07) is 0. The average Bonchev–Trinajstić information content (AvgIpc) is 2.30. The van der Waals surface area contributed by atoms with E-state index in [9.17, 15) is 0 Å². The van der Waals surface area contributed by atoms with Crippen molar-refractivity contribution in [3.8, 4) is 0 Å². The van der Waals surface area contributed by atoms with Gasteiger partial charge < -0.3 is 10.2 Å². The molecule has 1 saturated heterocycles. The van der Waals surface area contributed by atoms with E-state index in [-0.39, 0.29) is 12.4 Å². The van der Waals surface area contributed by atoms with Crippen molar-refractivity contribution in [2.45, 2.75) is 13.3 Å². The summed E-state index contributed by atoms with van der Waals surface area (Å²) in [5, 5.41) is 3.31. The normalized spacial score (nSPS) is 15.9. The van der Waals surface area contributed by atoms with Crippen LogP contribution in [-0.4, -0.2) is 36.1 Å². The molecule has 0 aliphatic carbocycles. The fourth-order valence-electron chi connectivity index (χ4n) is 1.56. The molecule has 1 aliphatic rings.